The number of aromatic nitrogens is 2. The first-order valence-electron chi connectivity index (χ1n) is 10.5. The van der Waals surface area contributed by atoms with E-state index >= 15 is 0 Å². The first-order chi connectivity index (χ1) is 16.6. The third-order valence-electron chi connectivity index (χ3n) is 5.85. The van der Waals surface area contributed by atoms with Crippen molar-refractivity contribution in [2.75, 3.05) is 19.6 Å². The van der Waals surface area contributed by atoms with Crippen molar-refractivity contribution in [2.24, 2.45) is 0 Å². The van der Waals surface area contributed by atoms with Gasteiger partial charge in [0.2, 0.25) is 0 Å². The molecule has 0 aromatic carbocycles. The third kappa shape index (κ3) is 4.10. The zero-order chi connectivity index (χ0) is 24.9. The van der Waals surface area contributed by atoms with E-state index in [1.165, 1.54) is 41.8 Å². The predicted octanol–water partition coefficient (Wildman–Crippen LogP) is 5.48. The summed E-state index contributed by atoms with van der Waals surface area (Å²) in [6.07, 6.45) is 3.77. The second kappa shape index (κ2) is 8.58. The van der Waals surface area contributed by atoms with Gasteiger partial charge in [0.05, 0.1) is 24.6 Å². The van der Waals surface area contributed by atoms with Gasteiger partial charge in [-0.05, 0) is 30.2 Å². The van der Waals surface area contributed by atoms with E-state index in [1.807, 2.05) is 0 Å². The Bertz CT molecular complexity index is 1410. The highest BCUT2D eigenvalue weighted by atomic mass is 35.5. The van der Waals surface area contributed by atoms with Gasteiger partial charge >= 0.3 is 6.18 Å². The summed E-state index contributed by atoms with van der Waals surface area (Å²) in [7, 11) is 0. The fraction of sp³-hybridized carbons (Fsp3) is 0.217. The maximum atomic E-state index is 14.2. The number of carbonyl (C=O) groups is 1. The maximum Gasteiger partial charge on any atom is 0.420 e. The lowest BCUT2D eigenvalue weighted by molar-refractivity contribution is -0.136. The molecule has 1 amide bonds. The number of amides is 1. The molecule has 5 heterocycles. The van der Waals surface area contributed by atoms with Gasteiger partial charge in [-0.15, -0.1) is 0 Å². The van der Waals surface area contributed by atoms with E-state index in [2.05, 4.69) is 4.98 Å². The number of hydrogen-bond donors (Lipinski definition) is 1. The number of hydroxylamine groups is 2. The van der Waals surface area contributed by atoms with Crippen LogP contribution in [0.25, 0.3) is 16.8 Å². The second-order valence-electron chi connectivity index (χ2n) is 8.01. The predicted molar refractivity (Wildman–Crippen MR) is 117 cm³/mol. The Morgan fingerprint density at radius 2 is 2.03 bits per heavy atom. The molecule has 0 spiro atoms. The van der Waals surface area contributed by atoms with Gasteiger partial charge in [-0.1, -0.05) is 23.8 Å². The Morgan fingerprint density at radius 1 is 1.23 bits per heavy atom. The van der Waals surface area contributed by atoms with E-state index in [-0.39, 0.29) is 48.2 Å². The molecule has 0 saturated heterocycles. The number of halogens is 5. The van der Waals surface area contributed by atoms with Gasteiger partial charge in [0.1, 0.15) is 16.7 Å². The fourth-order valence-electron chi connectivity index (χ4n) is 4.14. The zero-order valence-corrected chi connectivity index (χ0v) is 18.6. The number of furan rings is 1. The lowest BCUT2D eigenvalue weighted by atomic mass is 10.0. The van der Waals surface area contributed by atoms with Crippen LogP contribution in [0.4, 0.5) is 17.6 Å². The summed E-state index contributed by atoms with van der Waals surface area (Å²) in [4.78, 5) is 18.5. The number of carbonyl (C=O) groups excluding carboxylic acids is 1. The summed E-state index contributed by atoms with van der Waals surface area (Å²) in [6.45, 7) is 0.302. The molecule has 0 bridgehead atoms. The smallest absolute Gasteiger partial charge is 0.420 e. The summed E-state index contributed by atoms with van der Waals surface area (Å²) < 4.78 is 61.7. The van der Waals surface area contributed by atoms with Crippen molar-refractivity contribution < 1.29 is 32.0 Å². The first-order valence-corrected chi connectivity index (χ1v) is 10.9. The van der Waals surface area contributed by atoms with Crippen molar-refractivity contribution in [1.29, 1.82) is 0 Å². The van der Waals surface area contributed by atoms with Gasteiger partial charge in [0.25, 0.3) is 5.91 Å². The first kappa shape index (κ1) is 23.2. The highest BCUT2D eigenvalue weighted by Crippen LogP contribution is 2.37. The molecule has 2 aliphatic rings. The topological polar surface area (TPSA) is 74.2 Å². The maximum absolute atomic E-state index is 14.2. The number of fused-ring (bicyclic) bond motifs is 1. The number of rotatable bonds is 3. The quantitative estimate of drug-likeness (QED) is 0.474. The van der Waals surface area contributed by atoms with Crippen molar-refractivity contribution in [3.8, 4) is 11.1 Å². The Morgan fingerprint density at radius 3 is 2.66 bits per heavy atom. The molecule has 1 N–H and O–H groups in total. The van der Waals surface area contributed by atoms with E-state index in [0.717, 1.165) is 15.5 Å². The molecule has 0 atom stereocenters. The molecule has 182 valence electrons. The number of alkyl halides is 3. The minimum absolute atomic E-state index is 0.0342. The Kier molecular flexibility index (Phi) is 5.68. The lowest BCUT2D eigenvalue weighted by Crippen LogP contribution is -2.36. The van der Waals surface area contributed by atoms with Crippen LogP contribution in [0.2, 0.25) is 5.15 Å². The number of imidazole rings is 1. The molecule has 12 heteroatoms. The molecule has 35 heavy (non-hydrogen) atoms. The molecule has 0 radical (unpaired) electrons. The van der Waals surface area contributed by atoms with Crippen molar-refractivity contribution in [3.63, 3.8) is 0 Å². The molecular formula is C23H17ClF4N4O3. The van der Waals surface area contributed by atoms with Crippen LogP contribution in [0.3, 0.4) is 0 Å². The number of allylic oxidation sites excluding steroid dienone is 3. The van der Waals surface area contributed by atoms with E-state index in [1.54, 1.807) is 6.08 Å². The molecule has 0 fully saturated rings. The van der Waals surface area contributed by atoms with E-state index in [0.29, 0.717) is 11.1 Å². The van der Waals surface area contributed by atoms with E-state index < -0.39 is 29.1 Å². The molecule has 0 unspecified atom stereocenters. The molecule has 2 aliphatic heterocycles. The lowest BCUT2D eigenvalue weighted by Gasteiger charge is -2.30. The summed E-state index contributed by atoms with van der Waals surface area (Å²) in [5.41, 5.74) is -0.727. The van der Waals surface area contributed by atoms with Crippen molar-refractivity contribution >= 4 is 23.2 Å². The van der Waals surface area contributed by atoms with Crippen LogP contribution in [-0.4, -0.2) is 50.1 Å². The van der Waals surface area contributed by atoms with Gasteiger partial charge in [-0.2, -0.15) is 13.2 Å². The number of hydrogen-bond acceptors (Lipinski definition) is 5. The normalized spacial score (nSPS) is 16.9. The van der Waals surface area contributed by atoms with Gasteiger partial charge in [-0.3, -0.25) is 14.4 Å². The molecule has 5 rings (SSSR count). The van der Waals surface area contributed by atoms with E-state index in [9.17, 15) is 27.6 Å². The molecular weight excluding hydrogens is 492 g/mol. The SMILES string of the molecule is O=C(c1nc2c(C(F)(F)F)cc(-c3ccoc3)cn2c1Cl)N1CC=C(C2=C(F)C=CCN2O)CC1. The Labute approximate surface area is 200 Å². The van der Waals surface area contributed by atoms with Crippen LogP contribution >= 0.6 is 11.6 Å². The van der Waals surface area contributed by atoms with Crippen LogP contribution in [0, 0.1) is 0 Å². The van der Waals surface area contributed by atoms with Crippen molar-refractivity contribution in [3.05, 3.63) is 82.6 Å². The molecule has 7 nitrogen and oxygen atoms in total. The minimum atomic E-state index is -4.75. The van der Waals surface area contributed by atoms with E-state index in [4.69, 9.17) is 16.0 Å². The average molecular weight is 509 g/mol. The van der Waals surface area contributed by atoms with Crippen LogP contribution < -0.4 is 0 Å². The van der Waals surface area contributed by atoms with Crippen LogP contribution in [-0.2, 0) is 6.18 Å². The van der Waals surface area contributed by atoms with Crippen molar-refractivity contribution in [2.45, 2.75) is 12.6 Å². The van der Waals surface area contributed by atoms with Gasteiger partial charge in [-0.25, -0.2) is 14.4 Å². The highest BCUT2D eigenvalue weighted by molar-refractivity contribution is 6.33. The van der Waals surface area contributed by atoms with Gasteiger partial charge in [0, 0.05) is 30.4 Å². The third-order valence-corrected chi connectivity index (χ3v) is 6.21. The molecule has 3 aromatic rings. The number of nitrogens with zero attached hydrogens (tertiary/aromatic N) is 4. The summed E-state index contributed by atoms with van der Waals surface area (Å²) in [5, 5.41) is 10.5. The average Bonchev–Trinajstić information content (AvgIpc) is 3.46. The Hall–Kier alpha value is -3.57. The fourth-order valence-corrected chi connectivity index (χ4v) is 4.39. The Balaban J connectivity index is 1.50. The van der Waals surface area contributed by atoms with Crippen LogP contribution in [0.1, 0.15) is 22.5 Å². The van der Waals surface area contributed by atoms with Gasteiger partial charge in [0.15, 0.2) is 11.3 Å². The van der Waals surface area contributed by atoms with Gasteiger partial charge < -0.3 is 9.32 Å². The van der Waals surface area contributed by atoms with Crippen molar-refractivity contribution in [1.82, 2.24) is 19.3 Å². The number of pyridine rings is 1. The van der Waals surface area contributed by atoms with Crippen LogP contribution in [0.15, 0.2) is 70.6 Å². The standard InChI is InChI=1S/C23H17ClF4N4O3/c24-20-18(22(33)30-7-3-13(4-8-30)19-17(25)2-1-6-32(19)34)29-21-16(23(26,27)28)10-15(11-31(20)21)14-5-9-35-12-14/h1-3,5,9-12,34H,4,6-8H2. The second-order valence-corrected chi connectivity index (χ2v) is 8.37. The summed E-state index contributed by atoms with van der Waals surface area (Å²) in [6, 6.07) is 2.43. The minimum Gasteiger partial charge on any atom is -0.472 e. The molecule has 0 saturated carbocycles. The largest absolute Gasteiger partial charge is 0.472 e. The highest BCUT2D eigenvalue weighted by Gasteiger charge is 2.37. The van der Waals surface area contributed by atoms with Crippen LogP contribution in [0.5, 0.6) is 0 Å². The molecule has 3 aromatic heterocycles. The molecule has 0 aliphatic carbocycles. The monoisotopic (exact) mass is 508 g/mol. The summed E-state index contributed by atoms with van der Waals surface area (Å²) >= 11 is 6.36. The summed E-state index contributed by atoms with van der Waals surface area (Å²) in [5.74, 6) is -1.26. The zero-order valence-electron chi connectivity index (χ0n) is 17.9.